The number of carbonyl (C=O) groups excluding carboxylic acids is 1. The van der Waals surface area contributed by atoms with Gasteiger partial charge in [0, 0.05) is 23.6 Å². The van der Waals surface area contributed by atoms with E-state index in [2.05, 4.69) is 48.4 Å². The standard InChI is InChI=1S/C21H22N2O2/c1-14-3-6-20-19(9-14)16(12-22-20)11-21-18-5-4-17(25-2)10-15(18)7-8-23(21)13-24/h3-6,9-10,12-13,21-22H,7-8,11H2,1-2H3/t21-/m0/s1. The van der Waals surface area contributed by atoms with Gasteiger partial charge in [-0.3, -0.25) is 4.79 Å². The van der Waals surface area contributed by atoms with Crippen molar-refractivity contribution in [3.05, 3.63) is 64.8 Å². The summed E-state index contributed by atoms with van der Waals surface area (Å²) in [7, 11) is 1.69. The van der Waals surface area contributed by atoms with Crippen LogP contribution in [0.15, 0.2) is 42.6 Å². The molecule has 4 rings (SSSR count). The third kappa shape index (κ3) is 2.78. The maximum atomic E-state index is 11.6. The Hall–Kier alpha value is -2.75. The molecule has 128 valence electrons. The summed E-state index contributed by atoms with van der Waals surface area (Å²) in [5, 5.41) is 1.24. The molecule has 2 aromatic carbocycles. The Morgan fingerprint density at radius 2 is 2.16 bits per heavy atom. The molecule has 0 radical (unpaired) electrons. The zero-order valence-electron chi connectivity index (χ0n) is 14.6. The van der Waals surface area contributed by atoms with E-state index in [0.717, 1.165) is 37.1 Å². The average molecular weight is 334 g/mol. The molecule has 0 saturated heterocycles. The lowest BCUT2D eigenvalue weighted by molar-refractivity contribution is -0.120. The van der Waals surface area contributed by atoms with Crippen LogP contribution in [0.2, 0.25) is 0 Å². The fourth-order valence-electron chi connectivity index (χ4n) is 3.86. The summed E-state index contributed by atoms with van der Waals surface area (Å²) in [6.07, 6.45) is 4.74. The molecule has 1 aliphatic rings. The van der Waals surface area contributed by atoms with Gasteiger partial charge in [-0.25, -0.2) is 0 Å². The Morgan fingerprint density at radius 3 is 2.96 bits per heavy atom. The van der Waals surface area contributed by atoms with Crippen LogP contribution in [0.3, 0.4) is 0 Å². The molecule has 4 nitrogen and oxygen atoms in total. The number of hydrogen-bond acceptors (Lipinski definition) is 2. The summed E-state index contributed by atoms with van der Waals surface area (Å²) in [4.78, 5) is 16.9. The minimum Gasteiger partial charge on any atom is -0.497 e. The summed E-state index contributed by atoms with van der Waals surface area (Å²) >= 11 is 0. The highest BCUT2D eigenvalue weighted by Crippen LogP contribution is 2.35. The van der Waals surface area contributed by atoms with Gasteiger partial charge in [0.15, 0.2) is 0 Å². The number of nitrogens with zero attached hydrogens (tertiary/aromatic N) is 1. The van der Waals surface area contributed by atoms with Crippen molar-refractivity contribution in [1.82, 2.24) is 9.88 Å². The van der Waals surface area contributed by atoms with Crippen molar-refractivity contribution >= 4 is 17.3 Å². The van der Waals surface area contributed by atoms with E-state index in [4.69, 9.17) is 4.74 Å². The van der Waals surface area contributed by atoms with Crippen LogP contribution in [0, 0.1) is 6.92 Å². The van der Waals surface area contributed by atoms with Crippen molar-refractivity contribution in [2.45, 2.75) is 25.8 Å². The molecule has 0 saturated carbocycles. The molecule has 0 bridgehead atoms. The third-order valence-corrected chi connectivity index (χ3v) is 5.22. The lowest BCUT2D eigenvalue weighted by atomic mass is 9.88. The van der Waals surface area contributed by atoms with Gasteiger partial charge in [0.05, 0.1) is 13.2 Å². The number of fused-ring (bicyclic) bond motifs is 2. The number of amides is 1. The third-order valence-electron chi connectivity index (χ3n) is 5.22. The summed E-state index contributed by atoms with van der Waals surface area (Å²) in [6, 6.07) is 12.7. The normalized spacial score (nSPS) is 16.7. The van der Waals surface area contributed by atoms with Gasteiger partial charge in [0.25, 0.3) is 0 Å². The number of benzene rings is 2. The van der Waals surface area contributed by atoms with E-state index >= 15 is 0 Å². The van der Waals surface area contributed by atoms with Crippen LogP contribution < -0.4 is 4.74 Å². The van der Waals surface area contributed by atoms with Gasteiger partial charge in [0.1, 0.15) is 5.75 Å². The van der Waals surface area contributed by atoms with Gasteiger partial charge >= 0.3 is 0 Å². The molecule has 0 spiro atoms. The number of ether oxygens (including phenoxy) is 1. The molecule has 4 heteroatoms. The van der Waals surface area contributed by atoms with E-state index in [1.165, 1.54) is 27.6 Å². The van der Waals surface area contributed by atoms with Crippen molar-refractivity contribution in [2.24, 2.45) is 0 Å². The summed E-state index contributed by atoms with van der Waals surface area (Å²) in [5.41, 5.74) is 6.14. The van der Waals surface area contributed by atoms with Crippen LogP contribution in [-0.4, -0.2) is 29.9 Å². The fourth-order valence-corrected chi connectivity index (χ4v) is 3.86. The predicted molar refractivity (Wildman–Crippen MR) is 98.9 cm³/mol. The van der Waals surface area contributed by atoms with Crippen LogP contribution in [-0.2, 0) is 17.6 Å². The van der Waals surface area contributed by atoms with Gasteiger partial charge < -0.3 is 14.6 Å². The number of aromatic nitrogens is 1. The molecule has 1 atom stereocenters. The van der Waals surface area contributed by atoms with Crippen molar-refractivity contribution in [1.29, 1.82) is 0 Å². The summed E-state index contributed by atoms with van der Waals surface area (Å²) in [5.74, 6) is 0.875. The van der Waals surface area contributed by atoms with Crippen LogP contribution in [0.25, 0.3) is 10.9 Å². The number of methoxy groups -OCH3 is 1. The van der Waals surface area contributed by atoms with E-state index in [9.17, 15) is 4.79 Å². The first-order chi connectivity index (χ1) is 12.2. The second-order valence-electron chi connectivity index (χ2n) is 6.74. The monoisotopic (exact) mass is 334 g/mol. The van der Waals surface area contributed by atoms with Crippen molar-refractivity contribution < 1.29 is 9.53 Å². The molecule has 1 amide bonds. The van der Waals surface area contributed by atoms with Crippen molar-refractivity contribution in [2.75, 3.05) is 13.7 Å². The van der Waals surface area contributed by atoms with Crippen LogP contribution in [0.5, 0.6) is 5.75 Å². The average Bonchev–Trinajstić information content (AvgIpc) is 3.03. The molecule has 1 aliphatic heterocycles. The minimum absolute atomic E-state index is 0.0617. The molecule has 1 N–H and O–H groups in total. The molecular weight excluding hydrogens is 312 g/mol. The molecule has 25 heavy (non-hydrogen) atoms. The largest absolute Gasteiger partial charge is 0.497 e. The highest BCUT2D eigenvalue weighted by atomic mass is 16.5. The van der Waals surface area contributed by atoms with Crippen LogP contribution >= 0.6 is 0 Å². The Kier molecular flexibility index (Phi) is 3.96. The van der Waals surface area contributed by atoms with E-state index in [1.807, 2.05) is 11.0 Å². The van der Waals surface area contributed by atoms with Crippen LogP contribution in [0.4, 0.5) is 0 Å². The Balaban J connectivity index is 1.74. The SMILES string of the molecule is COc1ccc2c(c1)CCN(C=O)[C@H]2Cc1c[nH]c2ccc(C)cc12. The van der Waals surface area contributed by atoms with Crippen molar-refractivity contribution in [3.8, 4) is 5.75 Å². The number of nitrogens with one attached hydrogen (secondary N) is 1. The smallest absolute Gasteiger partial charge is 0.210 e. The number of rotatable bonds is 4. The molecular formula is C21H22N2O2. The topological polar surface area (TPSA) is 45.3 Å². The molecule has 0 aliphatic carbocycles. The highest BCUT2D eigenvalue weighted by molar-refractivity contribution is 5.84. The fraction of sp³-hybridized carbons (Fsp3) is 0.286. The lowest BCUT2D eigenvalue weighted by Gasteiger charge is -2.35. The molecule has 3 aromatic rings. The first-order valence-electron chi connectivity index (χ1n) is 8.64. The van der Waals surface area contributed by atoms with Gasteiger partial charge in [-0.1, -0.05) is 17.7 Å². The maximum Gasteiger partial charge on any atom is 0.210 e. The van der Waals surface area contributed by atoms with E-state index in [-0.39, 0.29) is 6.04 Å². The van der Waals surface area contributed by atoms with Crippen molar-refractivity contribution in [3.63, 3.8) is 0 Å². The summed E-state index contributed by atoms with van der Waals surface area (Å²) < 4.78 is 5.36. The lowest BCUT2D eigenvalue weighted by Crippen LogP contribution is -2.35. The quantitative estimate of drug-likeness (QED) is 0.738. The first kappa shape index (κ1) is 15.8. The van der Waals surface area contributed by atoms with Crippen LogP contribution in [0.1, 0.15) is 28.3 Å². The number of aromatic amines is 1. The number of aryl methyl sites for hydroxylation is 1. The minimum atomic E-state index is 0.0617. The molecule has 0 fully saturated rings. The van der Waals surface area contributed by atoms with E-state index < -0.39 is 0 Å². The Labute approximate surface area is 147 Å². The first-order valence-corrected chi connectivity index (χ1v) is 8.64. The molecule has 1 aromatic heterocycles. The number of carbonyl (C=O) groups is 1. The maximum absolute atomic E-state index is 11.6. The number of hydrogen-bond donors (Lipinski definition) is 1. The highest BCUT2D eigenvalue weighted by Gasteiger charge is 2.27. The zero-order chi connectivity index (χ0) is 17.4. The second kappa shape index (κ2) is 6.28. The van der Waals surface area contributed by atoms with Gasteiger partial charge in [-0.15, -0.1) is 0 Å². The van der Waals surface area contributed by atoms with Gasteiger partial charge in [-0.05, 0) is 60.7 Å². The molecule has 0 unspecified atom stereocenters. The number of H-pyrrole nitrogens is 1. The van der Waals surface area contributed by atoms with E-state index in [0.29, 0.717) is 0 Å². The van der Waals surface area contributed by atoms with Gasteiger partial charge in [0.2, 0.25) is 6.41 Å². The zero-order valence-corrected chi connectivity index (χ0v) is 14.6. The summed E-state index contributed by atoms with van der Waals surface area (Å²) in [6.45, 7) is 2.85. The Morgan fingerprint density at radius 1 is 1.28 bits per heavy atom. The van der Waals surface area contributed by atoms with E-state index in [1.54, 1.807) is 7.11 Å². The predicted octanol–water partition coefficient (Wildman–Crippen LogP) is 3.78. The second-order valence-corrected chi connectivity index (χ2v) is 6.74. The van der Waals surface area contributed by atoms with Gasteiger partial charge in [-0.2, -0.15) is 0 Å². The Bertz CT molecular complexity index is 929. The molecule has 2 heterocycles.